The van der Waals surface area contributed by atoms with E-state index < -0.39 is 11.8 Å². The molecule has 28 heavy (non-hydrogen) atoms. The van der Waals surface area contributed by atoms with Gasteiger partial charge in [0.1, 0.15) is 12.8 Å². The van der Waals surface area contributed by atoms with Crippen LogP contribution in [0.25, 0.3) is 0 Å². The summed E-state index contributed by atoms with van der Waals surface area (Å²) in [5.41, 5.74) is 0.738. The molecule has 8 heteroatoms. The molecule has 0 heterocycles. The number of rotatable bonds is 12. The van der Waals surface area contributed by atoms with Gasteiger partial charge in [-0.15, -0.1) is 0 Å². The van der Waals surface area contributed by atoms with Crippen molar-refractivity contribution >= 4 is 35.0 Å². The van der Waals surface area contributed by atoms with Crippen molar-refractivity contribution < 1.29 is 19.2 Å². The SMILES string of the molecule is CCCCNC(=O)CC(=O)Nc1ccccc1NC(=O)CC(=O)NCCCC. The number of nitrogens with one attached hydrogen (secondary N) is 4. The number of benzene rings is 1. The number of carbonyl (C=O) groups is 4. The molecule has 0 aliphatic heterocycles. The molecule has 1 aromatic rings. The number of carbonyl (C=O) groups excluding carboxylic acids is 4. The van der Waals surface area contributed by atoms with Gasteiger partial charge in [-0.1, -0.05) is 38.8 Å². The van der Waals surface area contributed by atoms with Crippen LogP contribution in [0.2, 0.25) is 0 Å². The first-order valence-electron chi connectivity index (χ1n) is 9.68. The van der Waals surface area contributed by atoms with Crippen LogP contribution in [0.1, 0.15) is 52.4 Å². The molecule has 0 aliphatic carbocycles. The van der Waals surface area contributed by atoms with Crippen molar-refractivity contribution in [1.29, 1.82) is 0 Å². The largest absolute Gasteiger partial charge is 0.356 e. The van der Waals surface area contributed by atoms with Gasteiger partial charge in [-0.25, -0.2) is 0 Å². The smallest absolute Gasteiger partial charge is 0.233 e. The van der Waals surface area contributed by atoms with Crippen molar-refractivity contribution in [1.82, 2.24) is 10.6 Å². The number of amides is 4. The molecule has 0 saturated carbocycles. The molecular formula is C20H30N4O4. The minimum Gasteiger partial charge on any atom is -0.356 e. The fourth-order valence-electron chi connectivity index (χ4n) is 2.32. The monoisotopic (exact) mass is 390 g/mol. The van der Waals surface area contributed by atoms with E-state index in [-0.39, 0.29) is 24.7 Å². The number of hydrogen-bond acceptors (Lipinski definition) is 4. The Bertz CT molecular complexity index is 619. The Morgan fingerprint density at radius 1 is 0.679 bits per heavy atom. The zero-order valence-electron chi connectivity index (χ0n) is 16.6. The maximum absolute atomic E-state index is 12.1. The van der Waals surface area contributed by atoms with Crippen LogP contribution < -0.4 is 21.3 Å². The minimum absolute atomic E-state index is 0.300. The molecule has 0 aliphatic rings. The van der Waals surface area contributed by atoms with Crippen LogP contribution in [0.4, 0.5) is 11.4 Å². The Balaban J connectivity index is 2.55. The van der Waals surface area contributed by atoms with Crippen LogP contribution in [-0.4, -0.2) is 36.7 Å². The van der Waals surface area contributed by atoms with Crippen molar-refractivity contribution in [2.24, 2.45) is 0 Å². The first-order valence-corrected chi connectivity index (χ1v) is 9.68. The van der Waals surface area contributed by atoms with Crippen LogP contribution in [0, 0.1) is 0 Å². The highest BCUT2D eigenvalue weighted by Crippen LogP contribution is 2.21. The molecule has 0 spiro atoms. The third kappa shape index (κ3) is 9.70. The summed E-state index contributed by atoms with van der Waals surface area (Å²) in [4.78, 5) is 47.6. The lowest BCUT2D eigenvalue weighted by molar-refractivity contribution is -0.128. The van der Waals surface area contributed by atoms with E-state index in [2.05, 4.69) is 21.3 Å². The lowest BCUT2D eigenvalue weighted by Crippen LogP contribution is -2.30. The molecule has 0 aromatic heterocycles. The van der Waals surface area contributed by atoms with Gasteiger partial charge < -0.3 is 21.3 Å². The highest BCUT2D eigenvalue weighted by molar-refractivity contribution is 6.08. The van der Waals surface area contributed by atoms with Gasteiger partial charge in [-0.05, 0) is 25.0 Å². The lowest BCUT2D eigenvalue weighted by Gasteiger charge is -2.12. The fraction of sp³-hybridized carbons (Fsp3) is 0.500. The standard InChI is InChI=1S/C20H30N4O4/c1-3-5-11-21-17(25)13-19(27)23-15-9-7-8-10-16(15)24-20(28)14-18(26)22-12-6-4-2/h7-10H,3-6,11-14H2,1-2H3,(H,21,25)(H,22,26)(H,23,27)(H,24,28). The summed E-state index contributed by atoms with van der Waals surface area (Å²) in [6.07, 6.45) is 3.02. The number of hydrogen-bond donors (Lipinski definition) is 4. The molecule has 0 bridgehead atoms. The van der Waals surface area contributed by atoms with Crippen LogP contribution >= 0.6 is 0 Å². The summed E-state index contributed by atoms with van der Waals surface area (Å²) in [7, 11) is 0. The molecule has 0 saturated heterocycles. The van der Waals surface area contributed by atoms with E-state index in [0.717, 1.165) is 25.7 Å². The summed E-state index contributed by atoms with van der Waals surface area (Å²) >= 11 is 0. The van der Waals surface area contributed by atoms with Crippen LogP contribution in [-0.2, 0) is 19.2 Å². The van der Waals surface area contributed by atoms with Crippen molar-refractivity contribution in [2.45, 2.75) is 52.4 Å². The van der Waals surface area contributed by atoms with Gasteiger partial charge >= 0.3 is 0 Å². The summed E-state index contributed by atoms with van der Waals surface area (Å²) in [5.74, 6) is -1.66. The molecule has 4 N–H and O–H groups in total. The van der Waals surface area contributed by atoms with Gasteiger partial charge in [-0.3, -0.25) is 19.2 Å². The summed E-state index contributed by atoms with van der Waals surface area (Å²) in [6.45, 7) is 5.10. The number of para-hydroxylation sites is 2. The van der Waals surface area contributed by atoms with Gasteiger partial charge in [0.05, 0.1) is 11.4 Å². The second-order valence-corrected chi connectivity index (χ2v) is 6.40. The molecule has 154 valence electrons. The van der Waals surface area contributed by atoms with Crippen molar-refractivity contribution in [2.75, 3.05) is 23.7 Å². The number of anilines is 2. The third-order valence-electron chi connectivity index (χ3n) is 3.82. The Kier molecular flexibility index (Phi) is 11.0. The van der Waals surface area contributed by atoms with E-state index in [9.17, 15) is 19.2 Å². The average Bonchev–Trinajstić information content (AvgIpc) is 2.63. The molecule has 8 nitrogen and oxygen atoms in total. The predicted octanol–water partition coefficient (Wildman–Crippen LogP) is 2.18. The van der Waals surface area contributed by atoms with E-state index in [4.69, 9.17) is 0 Å². The van der Waals surface area contributed by atoms with Gasteiger partial charge in [0.25, 0.3) is 0 Å². The molecule has 0 fully saturated rings. The Labute approximate surface area is 165 Å². The van der Waals surface area contributed by atoms with Crippen molar-refractivity contribution in [3.63, 3.8) is 0 Å². The maximum atomic E-state index is 12.1. The second-order valence-electron chi connectivity index (χ2n) is 6.40. The molecule has 0 radical (unpaired) electrons. The van der Waals surface area contributed by atoms with E-state index in [1.165, 1.54) is 0 Å². The fourth-order valence-corrected chi connectivity index (χ4v) is 2.32. The summed E-state index contributed by atoms with van der Waals surface area (Å²) in [5, 5.41) is 10.6. The third-order valence-corrected chi connectivity index (χ3v) is 3.82. The Morgan fingerprint density at radius 3 is 1.43 bits per heavy atom. The van der Waals surface area contributed by atoms with Gasteiger partial charge in [0.15, 0.2) is 0 Å². The normalized spacial score (nSPS) is 10.1. The topological polar surface area (TPSA) is 116 Å². The molecule has 1 rings (SSSR count). The predicted molar refractivity (Wildman–Crippen MR) is 109 cm³/mol. The van der Waals surface area contributed by atoms with Crippen LogP contribution in [0.15, 0.2) is 24.3 Å². The van der Waals surface area contributed by atoms with Gasteiger partial charge in [0.2, 0.25) is 23.6 Å². The van der Waals surface area contributed by atoms with E-state index >= 15 is 0 Å². The van der Waals surface area contributed by atoms with Gasteiger partial charge in [-0.2, -0.15) is 0 Å². The van der Waals surface area contributed by atoms with E-state index in [1.54, 1.807) is 24.3 Å². The molecule has 1 aromatic carbocycles. The first kappa shape index (κ1) is 23.1. The van der Waals surface area contributed by atoms with E-state index in [0.29, 0.717) is 24.5 Å². The first-order chi connectivity index (χ1) is 13.5. The Hall–Kier alpha value is -2.90. The molecular weight excluding hydrogens is 360 g/mol. The lowest BCUT2D eigenvalue weighted by atomic mass is 10.2. The summed E-state index contributed by atoms with van der Waals surface area (Å²) < 4.78 is 0. The van der Waals surface area contributed by atoms with Crippen LogP contribution in [0.3, 0.4) is 0 Å². The molecule has 0 atom stereocenters. The van der Waals surface area contributed by atoms with Gasteiger partial charge in [0, 0.05) is 13.1 Å². The zero-order chi connectivity index (χ0) is 20.8. The Morgan fingerprint density at radius 2 is 1.07 bits per heavy atom. The highest BCUT2D eigenvalue weighted by atomic mass is 16.2. The quantitative estimate of drug-likeness (QED) is 0.323. The minimum atomic E-state index is -0.479. The van der Waals surface area contributed by atoms with E-state index in [1.807, 2.05) is 13.8 Å². The zero-order valence-corrected chi connectivity index (χ0v) is 16.6. The molecule has 0 unspecified atom stereocenters. The summed E-state index contributed by atoms with van der Waals surface area (Å²) in [6, 6.07) is 6.63. The van der Waals surface area contributed by atoms with Crippen molar-refractivity contribution in [3.05, 3.63) is 24.3 Å². The maximum Gasteiger partial charge on any atom is 0.233 e. The molecule has 4 amide bonds. The van der Waals surface area contributed by atoms with Crippen molar-refractivity contribution in [3.8, 4) is 0 Å². The average molecular weight is 390 g/mol. The van der Waals surface area contributed by atoms with Crippen LogP contribution in [0.5, 0.6) is 0 Å². The number of unbranched alkanes of at least 4 members (excludes halogenated alkanes) is 2. The highest BCUT2D eigenvalue weighted by Gasteiger charge is 2.14. The second kappa shape index (κ2) is 13.3.